The van der Waals surface area contributed by atoms with Crippen LogP contribution in [0.15, 0.2) is 36.8 Å². The number of aromatic nitrogens is 2. The van der Waals surface area contributed by atoms with E-state index in [4.69, 9.17) is 5.73 Å². The Bertz CT molecular complexity index is 618. The maximum Gasteiger partial charge on any atom is 0.270 e. The monoisotopic (exact) mass is 286 g/mol. The van der Waals surface area contributed by atoms with Crippen LogP contribution in [0.5, 0.6) is 0 Å². The second-order valence-corrected chi connectivity index (χ2v) is 5.53. The van der Waals surface area contributed by atoms with Crippen LogP contribution in [-0.2, 0) is 0 Å². The molecule has 2 heterocycles. The molecule has 21 heavy (non-hydrogen) atoms. The van der Waals surface area contributed by atoms with E-state index in [1.165, 1.54) is 0 Å². The molecular formula is C16H22N4O. The van der Waals surface area contributed by atoms with Crippen molar-refractivity contribution in [3.63, 3.8) is 0 Å². The fourth-order valence-electron chi connectivity index (χ4n) is 2.32. The number of rotatable bonds is 4. The highest BCUT2D eigenvalue weighted by Gasteiger charge is 2.22. The SMILES string of the molecule is CC(c1ccncc1)N(C)C(=O)c1cc(N)cn1C(C)C. The zero-order chi connectivity index (χ0) is 15.6. The zero-order valence-electron chi connectivity index (χ0n) is 12.9. The van der Waals surface area contributed by atoms with E-state index in [1.54, 1.807) is 30.4 Å². The van der Waals surface area contributed by atoms with E-state index in [-0.39, 0.29) is 18.0 Å². The molecule has 0 fully saturated rings. The molecule has 2 aromatic rings. The van der Waals surface area contributed by atoms with Crippen molar-refractivity contribution in [3.8, 4) is 0 Å². The number of carbonyl (C=O) groups is 1. The Hall–Kier alpha value is -2.30. The molecule has 0 aliphatic carbocycles. The lowest BCUT2D eigenvalue weighted by atomic mass is 10.1. The van der Waals surface area contributed by atoms with E-state index >= 15 is 0 Å². The van der Waals surface area contributed by atoms with Crippen molar-refractivity contribution in [3.05, 3.63) is 48.0 Å². The first kappa shape index (κ1) is 15.1. The summed E-state index contributed by atoms with van der Waals surface area (Å²) in [7, 11) is 1.81. The number of hydrogen-bond acceptors (Lipinski definition) is 3. The first-order valence-corrected chi connectivity index (χ1v) is 7.06. The molecule has 0 saturated heterocycles. The standard InChI is InChI=1S/C16H22N4O/c1-11(2)20-10-14(17)9-15(20)16(21)19(4)12(3)13-5-7-18-8-6-13/h5-12H,17H2,1-4H3. The van der Waals surface area contributed by atoms with Crippen molar-refractivity contribution in [1.82, 2.24) is 14.5 Å². The molecular weight excluding hydrogens is 264 g/mol. The fraction of sp³-hybridized carbons (Fsp3) is 0.375. The molecule has 0 radical (unpaired) electrons. The molecule has 5 nitrogen and oxygen atoms in total. The van der Waals surface area contributed by atoms with Crippen molar-refractivity contribution in [2.45, 2.75) is 32.9 Å². The second kappa shape index (κ2) is 5.99. The summed E-state index contributed by atoms with van der Waals surface area (Å²) in [6.07, 6.45) is 5.28. The quantitative estimate of drug-likeness (QED) is 0.940. The normalized spacial score (nSPS) is 12.4. The molecule has 2 N–H and O–H groups in total. The van der Waals surface area contributed by atoms with E-state index in [2.05, 4.69) is 4.98 Å². The molecule has 0 aromatic carbocycles. The number of nitrogens with two attached hydrogens (primary N) is 1. The molecule has 0 aliphatic heterocycles. The van der Waals surface area contributed by atoms with E-state index in [9.17, 15) is 4.79 Å². The van der Waals surface area contributed by atoms with Crippen LogP contribution in [0.4, 0.5) is 5.69 Å². The number of anilines is 1. The highest BCUT2D eigenvalue weighted by molar-refractivity contribution is 5.94. The van der Waals surface area contributed by atoms with Gasteiger partial charge in [0.05, 0.1) is 11.7 Å². The average Bonchev–Trinajstić information content (AvgIpc) is 2.88. The van der Waals surface area contributed by atoms with E-state index in [0.29, 0.717) is 11.4 Å². The number of nitrogens with zero attached hydrogens (tertiary/aromatic N) is 3. The molecule has 0 bridgehead atoms. The van der Waals surface area contributed by atoms with Crippen LogP contribution in [0, 0.1) is 0 Å². The van der Waals surface area contributed by atoms with Gasteiger partial charge in [-0.3, -0.25) is 9.78 Å². The third-order valence-corrected chi connectivity index (χ3v) is 3.73. The van der Waals surface area contributed by atoms with Crippen molar-refractivity contribution >= 4 is 11.6 Å². The van der Waals surface area contributed by atoms with Crippen molar-refractivity contribution in [1.29, 1.82) is 0 Å². The topological polar surface area (TPSA) is 64.2 Å². The Morgan fingerprint density at radius 2 is 1.90 bits per heavy atom. The summed E-state index contributed by atoms with van der Waals surface area (Å²) in [4.78, 5) is 18.5. The fourth-order valence-corrected chi connectivity index (χ4v) is 2.32. The predicted molar refractivity (Wildman–Crippen MR) is 84.0 cm³/mol. The Morgan fingerprint density at radius 1 is 1.29 bits per heavy atom. The van der Waals surface area contributed by atoms with Crippen LogP contribution in [0.2, 0.25) is 0 Å². The minimum absolute atomic E-state index is 0.0303. The van der Waals surface area contributed by atoms with E-state index in [1.807, 2.05) is 43.7 Å². The Morgan fingerprint density at radius 3 is 2.48 bits per heavy atom. The summed E-state index contributed by atoms with van der Waals surface area (Å²) >= 11 is 0. The van der Waals surface area contributed by atoms with Crippen LogP contribution in [0.3, 0.4) is 0 Å². The molecule has 112 valence electrons. The summed E-state index contributed by atoms with van der Waals surface area (Å²) in [6.45, 7) is 6.06. The number of amides is 1. The molecule has 2 aromatic heterocycles. The first-order chi connectivity index (χ1) is 9.91. The number of carbonyl (C=O) groups excluding carboxylic acids is 1. The van der Waals surface area contributed by atoms with Gasteiger partial charge in [-0.05, 0) is 44.5 Å². The molecule has 1 atom stereocenters. The lowest BCUT2D eigenvalue weighted by Gasteiger charge is -2.26. The zero-order valence-corrected chi connectivity index (χ0v) is 12.9. The van der Waals surface area contributed by atoms with Crippen LogP contribution in [0.25, 0.3) is 0 Å². The molecule has 0 spiro atoms. The Kier molecular flexibility index (Phi) is 4.31. The minimum atomic E-state index is -0.0373. The van der Waals surface area contributed by atoms with Crippen molar-refractivity contribution in [2.75, 3.05) is 12.8 Å². The smallest absolute Gasteiger partial charge is 0.270 e. The van der Waals surface area contributed by atoms with Crippen molar-refractivity contribution in [2.24, 2.45) is 0 Å². The summed E-state index contributed by atoms with van der Waals surface area (Å²) in [6, 6.07) is 5.73. The summed E-state index contributed by atoms with van der Waals surface area (Å²) < 4.78 is 1.91. The number of pyridine rings is 1. The summed E-state index contributed by atoms with van der Waals surface area (Å²) in [5.74, 6) is -0.0373. The first-order valence-electron chi connectivity index (χ1n) is 7.06. The van der Waals surface area contributed by atoms with Crippen LogP contribution in [0.1, 0.15) is 48.9 Å². The molecule has 2 rings (SSSR count). The van der Waals surface area contributed by atoms with Crippen LogP contribution < -0.4 is 5.73 Å². The summed E-state index contributed by atoms with van der Waals surface area (Å²) in [5, 5.41) is 0. The van der Waals surface area contributed by atoms with Crippen molar-refractivity contribution < 1.29 is 4.79 Å². The molecule has 0 saturated carbocycles. The van der Waals surface area contributed by atoms with Crippen LogP contribution >= 0.6 is 0 Å². The van der Waals surface area contributed by atoms with Gasteiger partial charge in [0.25, 0.3) is 5.91 Å². The largest absolute Gasteiger partial charge is 0.397 e. The number of nitrogen functional groups attached to an aromatic ring is 1. The second-order valence-electron chi connectivity index (χ2n) is 5.53. The van der Waals surface area contributed by atoms with E-state index < -0.39 is 0 Å². The maximum absolute atomic E-state index is 12.7. The van der Waals surface area contributed by atoms with Gasteiger partial charge in [-0.15, -0.1) is 0 Å². The van der Waals surface area contributed by atoms with Gasteiger partial charge in [0.2, 0.25) is 0 Å². The van der Waals surface area contributed by atoms with Gasteiger partial charge in [0.15, 0.2) is 0 Å². The van der Waals surface area contributed by atoms with Gasteiger partial charge in [-0.25, -0.2) is 0 Å². The third-order valence-electron chi connectivity index (χ3n) is 3.73. The third kappa shape index (κ3) is 3.07. The van der Waals surface area contributed by atoms with Gasteiger partial charge in [0, 0.05) is 31.7 Å². The molecule has 1 amide bonds. The highest BCUT2D eigenvalue weighted by atomic mass is 16.2. The lowest BCUT2D eigenvalue weighted by molar-refractivity contribution is 0.0730. The van der Waals surface area contributed by atoms with Gasteiger partial charge >= 0.3 is 0 Å². The van der Waals surface area contributed by atoms with Gasteiger partial charge < -0.3 is 15.2 Å². The average molecular weight is 286 g/mol. The molecule has 0 aliphatic rings. The van der Waals surface area contributed by atoms with Crippen LogP contribution in [-0.4, -0.2) is 27.4 Å². The lowest BCUT2D eigenvalue weighted by Crippen LogP contribution is -2.31. The predicted octanol–water partition coefficient (Wildman–Crippen LogP) is 2.88. The molecule has 5 heteroatoms. The van der Waals surface area contributed by atoms with Gasteiger partial charge in [-0.2, -0.15) is 0 Å². The van der Waals surface area contributed by atoms with Gasteiger partial charge in [0.1, 0.15) is 5.69 Å². The highest BCUT2D eigenvalue weighted by Crippen LogP contribution is 2.23. The molecule has 1 unspecified atom stereocenters. The minimum Gasteiger partial charge on any atom is -0.397 e. The Balaban J connectivity index is 2.27. The Labute approximate surface area is 125 Å². The summed E-state index contributed by atoms with van der Waals surface area (Å²) in [5.41, 5.74) is 8.12. The maximum atomic E-state index is 12.7. The number of hydrogen-bond donors (Lipinski definition) is 1. The van der Waals surface area contributed by atoms with E-state index in [0.717, 1.165) is 5.56 Å². The van der Waals surface area contributed by atoms with Gasteiger partial charge in [-0.1, -0.05) is 0 Å².